The highest BCUT2D eigenvalue weighted by Gasteiger charge is 2.41. The molecule has 9 heteroatoms. The van der Waals surface area contributed by atoms with E-state index in [2.05, 4.69) is 15.6 Å². The van der Waals surface area contributed by atoms with E-state index in [1.165, 1.54) is 16.9 Å². The summed E-state index contributed by atoms with van der Waals surface area (Å²) in [5.74, 6) is 0. The van der Waals surface area contributed by atoms with Crippen LogP contribution in [0, 0.1) is 13.8 Å². The molecule has 4 rings (SSSR count). The SMILES string of the molecule is Cc1ccc(NC(=O)Nc2nc3c(s2)CN(S(=O)(=O)C2CC2)CC3)cc1C. The van der Waals surface area contributed by atoms with E-state index < -0.39 is 10.0 Å². The zero-order valence-corrected chi connectivity index (χ0v) is 16.9. The van der Waals surface area contributed by atoms with Crippen molar-refractivity contribution >= 4 is 38.2 Å². The predicted octanol–water partition coefficient (Wildman–Crippen LogP) is 3.25. The number of thiazole rings is 1. The number of fused-ring (bicyclic) bond motifs is 1. The molecule has 0 spiro atoms. The van der Waals surface area contributed by atoms with Gasteiger partial charge in [0.05, 0.1) is 10.9 Å². The van der Waals surface area contributed by atoms with Gasteiger partial charge in [-0.1, -0.05) is 17.4 Å². The molecule has 0 unspecified atom stereocenters. The number of nitrogens with zero attached hydrogens (tertiary/aromatic N) is 2. The lowest BCUT2D eigenvalue weighted by Crippen LogP contribution is -2.37. The molecule has 2 N–H and O–H groups in total. The second-order valence-corrected chi connectivity index (χ2v) is 10.4. The summed E-state index contributed by atoms with van der Waals surface area (Å²) in [6.07, 6.45) is 2.11. The standard InChI is InChI=1S/C18H22N4O3S2/c1-11-3-4-13(9-12(11)2)19-17(23)21-18-20-15-7-8-22(10-16(15)26-18)27(24,25)14-5-6-14/h3-4,9,14H,5-8,10H2,1-2H3,(H2,19,20,21,23). The first-order valence-corrected chi connectivity index (χ1v) is 11.3. The Balaban J connectivity index is 1.42. The first-order valence-electron chi connectivity index (χ1n) is 8.96. The van der Waals surface area contributed by atoms with E-state index >= 15 is 0 Å². The number of hydrogen-bond acceptors (Lipinski definition) is 5. The molecule has 144 valence electrons. The molecule has 0 saturated heterocycles. The number of carbonyl (C=O) groups excluding carboxylic acids is 1. The van der Waals surface area contributed by atoms with Crippen molar-refractivity contribution in [1.82, 2.24) is 9.29 Å². The van der Waals surface area contributed by atoms with Crippen molar-refractivity contribution < 1.29 is 13.2 Å². The fraction of sp³-hybridized carbons (Fsp3) is 0.444. The van der Waals surface area contributed by atoms with Crippen LogP contribution < -0.4 is 10.6 Å². The molecule has 1 aromatic heterocycles. The Labute approximate surface area is 162 Å². The Morgan fingerprint density at radius 1 is 1.22 bits per heavy atom. The molecule has 2 heterocycles. The van der Waals surface area contributed by atoms with Gasteiger partial charge in [0.25, 0.3) is 0 Å². The predicted molar refractivity (Wildman–Crippen MR) is 107 cm³/mol. The molecule has 2 amide bonds. The maximum atomic E-state index is 12.4. The summed E-state index contributed by atoms with van der Waals surface area (Å²) in [4.78, 5) is 17.6. The van der Waals surface area contributed by atoms with Gasteiger partial charge in [0.15, 0.2) is 5.13 Å². The average molecular weight is 407 g/mol. The summed E-state index contributed by atoms with van der Waals surface area (Å²) in [5, 5.41) is 5.86. The molecular weight excluding hydrogens is 384 g/mol. The molecule has 0 bridgehead atoms. The lowest BCUT2D eigenvalue weighted by molar-refractivity contribution is 0.262. The number of aromatic nitrogens is 1. The van der Waals surface area contributed by atoms with E-state index in [1.54, 1.807) is 4.31 Å². The molecule has 2 aliphatic rings. The van der Waals surface area contributed by atoms with Gasteiger partial charge >= 0.3 is 6.03 Å². The van der Waals surface area contributed by atoms with Crippen LogP contribution in [-0.2, 0) is 23.0 Å². The molecule has 0 atom stereocenters. The summed E-state index contributed by atoms with van der Waals surface area (Å²) < 4.78 is 26.4. The third kappa shape index (κ3) is 3.85. The zero-order chi connectivity index (χ0) is 19.2. The molecule has 1 saturated carbocycles. The largest absolute Gasteiger partial charge is 0.325 e. The maximum absolute atomic E-state index is 12.4. The second-order valence-electron chi connectivity index (χ2n) is 7.09. The third-order valence-electron chi connectivity index (χ3n) is 4.99. The van der Waals surface area contributed by atoms with Gasteiger partial charge in [-0.3, -0.25) is 5.32 Å². The number of aryl methyl sites for hydroxylation is 2. The first kappa shape index (κ1) is 18.4. The highest BCUT2D eigenvalue weighted by Crippen LogP contribution is 2.35. The summed E-state index contributed by atoms with van der Waals surface area (Å²) in [7, 11) is -3.18. The second kappa shape index (κ2) is 6.88. The van der Waals surface area contributed by atoms with E-state index in [0.717, 1.165) is 34.7 Å². The lowest BCUT2D eigenvalue weighted by Gasteiger charge is -2.25. The Morgan fingerprint density at radius 3 is 2.70 bits per heavy atom. The maximum Gasteiger partial charge on any atom is 0.325 e. The van der Waals surface area contributed by atoms with Crippen LogP contribution in [0.5, 0.6) is 0 Å². The van der Waals surface area contributed by atoms with Crippen molar-refractivity contribution in [1.29, 1.82) is 0 Å². The van der Waals surface area contributed by atoms with E-state index in [9.17, 15) is 13.2 Å². The zero-order valence-electron chi connectivity index (χ0n) is 15.3. The molecule has 1 fully saturated rings. The average Bonchev–Trinajstić information content (AvgIpc) is 3.39. The van der Waals surface area contributed by atoms with E-state index in [0.29, 0.717) is 24.6 Å². The Bertz CT molecular complexity index is 996. The van der Waals surface area contributed by atoms with Crippen LogP contribution >= 0.6 is 11.3 Å². The Hall–Kier alpha value is -1.97. The topological polar surface area (TPSA) is 91.4 Å². The summed E-state index contributed by atoms with van der Waals surface area (Å²) >= 11 is 1.34. The van der Waals surface area contributed by atoms with Gasteiger partial charge in [0.2, 0.25) is 10.0 Å². The number of urea groups is 1. The molecule has 2 aromatic rings. The van der Waals surface area contributed by atoms with Crippen molar-refractivity contribution in [3.8, 4) is 0 Å². The quantitative estimate of drug-likeness (QED) is 0.815. The first-order chi connectivity index (χ1) is 12.8. The Morgan fingerprint density at radius 2 is 2.00 bits per heavy atom. The Kier molecular flexibility index (Phi) is 4.69. The monoisotopic (exact) mass is 406 g/mol. The van der Waals surface area contributed by atoms with E-state index in [4.69, 9.17) is 0 Å². The molecule has 7 nitrogen and oxygen atoms in total. The summed E-state index contributed by atoms with van der Waals surface area (Å²) in [6, 6.07) is 5.38. The van der Waals surface area contributed by atoms with Crippen molar-refractivity contribution in [2.24, 2.45) is 0 Å². The number of sulfonamides is 1. The van der Waals surface area contributed by atoms with E-state index in [-0.39, 0.29) is 11.3 Å². The van der Waals surface area contributed by atoms with Gasteiger partial charge in [0, 0.05) is 30.1 Å². The van der Waals surface area contributed by atoms with Crippen LogP contribution in [0.2, 0.25) is 0 Å². The van der Waals surface area contributed by atoms with Crippen molar-refractivity contribution in [3.63, 3.8) is 0 Å². The van der Waals surface area contributed by atoms with Crippen molar-refractivity contribution in [3.05, 3.63) is 39.9 Å². The van der Waals surface area contributed by atoms with Crippen LogP contribution in [0.1, 0.15) is 34.5 Å². The highest BCUT2D eigenvalue weighted by molar-refractivity contribution is 7.90. The van der Waals surface area contributed by atoms with Crippen LogP contribution in [0.4, 0.5) is 15.6 Å². The number of amides is 2. The molecule has 0 radical (unpaired) electrons. The van der Waals surface area contributed by atoms with E-state index in [1.807, 2.05) is 32.0 Å². The lowest BCUT2D eigenvalue weighted by atomic mass is 10.1. The molecule has 1 aromatic carbocycles. The van der Waals surface area contributed by atoms with Crippen LogP contribution in [0.15, 0.2) is 18.2 Å². The highest BCUT2D eigenvalue weighted by atomic mass is 32.2. The van der Waals surface area contributed by atoms with Crippen LogP contribution in [0.25, 0.3) is 0 Å². The minimum atomic E-state index is -3.18. The van der Waals surface area contributed by atoms with Gasteiger partial charge in [-0.15, -0.1) is 0 Å². The van der Waals surface area contributed by atoms with Gasteiger partial charge in [0.1, 0.15) is 0 Å². The molecule has 1 aliphatic carbocycles. The van der Waals surface area contributed by atoms with Gasteiger partial charge in [-0.2, -0.15) is 4.31 Å². The van der Waals surface area contributed by atoms with Gasteiger partial charge in [-0.05, 0) is 49.9 Å². The molecule has 27 heavy (non-hydrogen) atoms. The number of anilines is 2. The number of hydrogen-bond donors (Lipinski definition) is 2. The minimum Gasteiger partial charge on any atom is -0.308 e. The molecule has 1 aliphatic heterocycles. The van der Waals surface area contributed by atoms with Crippen LogP contribution in [-0.4, -0.2) is 35.5 Å². The fourth-order valence-corrected chi connectivity index (χ4v) is 6.01. The number of rotatable bonds is 4. The smallest absolute Gasteiger partial charge is 0.308 e. The van der Waals surface area contributed by atoms with Crippen molar-refractivity contribution in [2.75, 3.05) is 17.2 Å². The molecular formula is C18H22N4O3S2. The van der Waals surface area contributed by atoms with Crippen molar-refractivity contribution in [2.45, 2.75) is 44.9 Å². The number of benzene rings is 1. The third-order valence-corrected chi connectivity index (χ3v) is 8.33. The van der Waals surface area contributed by atoms with Gasteiger partial charge < -0.3 is 5.32 Å². The normalized spacial score (nSPS) is 17.4. The number of nitrogens with one attached hydrogen (secondary N) is 2. The summed E-state index contributed by atoms with van der Waals surface area (Å²) in [5.41, 5.74) is 3.87. The summed E-state index contributed by atoms with van der Waals surface area (Å²) in [6.45, 7) is 4.83. The number of carbonyl (C=O) groups is 1. The minimum absolute atomic E-state index is 0.201. The fourth-order valence-electron chi connectivity index (χ4n) is 3.10. The van der Waals surface area contributed by atoms with Crippen LogP contribution in [0.3, 0.4) is 0 Å². The van der Waals surface area contributed by atoms with Gasteiger partial charge in [-0.25, -0.2) is 18.2 Å².